The molecule has 0 aromatic rings. The first kappa shape index (κ1) is 18.2. The van der Waals surface area contributed by atoms with Crippen molar-refractivity contribution in [3.05, 3.63) is 0 Å². The number of likely N-dealkylation sites (N-methyl/N-ethyl adjacent to an activating group) is 1. The van der Waals surface area contributed by atoms with Crippen molar-refractivity contribution in [3.8, 4) is 0 Å². The average molecular weight is 310 g/mol. The van der Waals surface area contributed by atoms with Gasteiger partial charge in [-0.1, -0.05) is 13.8 Å². The highest BCUT2D eigenvalue weighted by Gasteiger charge is 2.48. The minimum Gasteiger partial charge on any atom is -0.468 e. The van der Waals surface area contributed by atoms with Crippen LogP contribution < -0.4 is 5.32 Å². The van der Waals surface area contributed by atoms with E-state index in [4.69, 9.17) is 4.74 Å². The van der Waals surface area contributed by atoms with E-state index in [2.05, 4.69) is 5.32 Å². The first-order valence-corrected chi connectivity index (χ1v) is 7.42. The van der Waals surface area contributed by atoms with E-state index < -0.39 is 18.3 Å². The van der Waals surface area contributed by atoms with Crippen molar-refractivity contribution in [2.75, 3.05) is 26.7 Å². The van der Waals surface area contributed by atoms with Gasteiger partial charge < -0.3 is 10.1 Å². The molecule has 1 aliphatic carbocycles. The van der Waals surface area contributed by atoms with E-state index in [1.54, 1.807) is 0 Å². The second kappa shape index (κ2) is 7.45. The van der Waals surface area contributed by atoms with Crippen LogP contribution in [0.5, 0.6) is 0 Å². The van der Waals surface area contributed by atoms with Gasteiger partial charge in [0.1, 0.15) is 5.54 Å². The summed E-state index contributed by atoms with van der Waals surface area (Å²) in [6.45, 7) is 3.77. The molecule has 0 aromatic carbocycles. The standard InChI is InChI=1S/C14H25F3N2O2/c1-4-8-19(10-14(15,16)17)11-6-7-13(9-11,18-5-2)12(20)21-3/h11,18H,4-10H2,1-3H3. The van der Waals surface area contributed by atoms with Crippen LogP contribution in [-0.2, 0) is 9.53 Å². The fourth-order valence-electron chi connectivity index (χ4n) is 3.19. The second-order valence-electron chi connectivity index (χ2n) is 5.59. The van der Waals surface area contributed by atoms with Crippen LogP contribution in [0.3, 0.4) is 0 Å². The van der Waals surface area contributed by atoms with E-state index >= 15 is 0 Å². The third-order valence-corrected chi connectivity index (χ3v) is 3.99. The number of hydrogen-bond acceptors (Lipinski definition) is 4. The summed E-state index contributed by atoms with van der Waals surface area (Å²) in [5.74, 6) is -0.379. The lowest BCUT2D eigenvalue weighted by Crippen LogP contribution is -2.52. The number of carbonyl (C=O) groups excluding carboxylic acids is 1. The highest BCUT2D eigenvalue weighted by molar-refractivity contribution is 5.81. The summed E-state index contributed by atoms with van der Waals surface area (Å²) in [6, 6.07) is -0.246. The van der Waals surface area contributed by atoms with Crippen LogP contribution in [0.15, 0.2) is 0 Å². The zero-order valence-corrected chi connectivity index (χ0v) is 12.9. The molecule has 0 saturated heterocycles. The van der Waals surface area contributed by atoms with Crippen LogP contribution >= 0.6 is 0 Å². The Kier molecular flexibility index (Phi) is 6.46. The molecule has 4 nitrogen and oxygen atoms in total. The van der Waals surface area contributed by atoms with E-state index in [0.29, 0.717) is 38.8 Å². The molecule has 1 saturated carbocycles. The zero-order chi connectivity index (χ0) is 16.1. The van der Waals surface area contributed by atoms with Gasteiger partial charge in [0.05, 0.1) is 13.7 Å². The molecule has 0 heterocycles. The maximum absolute atomic E-state index is 12.7. The molecular formula is C14H25F3N2O2. The summed E-state index contributed by atoms with van der Waals surface area (Å²) in [4.78, 5) is 13.5. The molecule has 0 radical (unpaired) electrons. The smallest absolute Gasteiger partial charge is 0.401 e. The van der Waals surface area contributed by atoms with Crippen molar-refractivity contribution in [2.24, 2.45) is 0 Å². The first-order chi connectivity index (χ1) is 9.78. The molecule has 2 unspecified atom stereocenters. The number of methoxy groups -OCH3 is 1. The maximum atomic E-state index is 12.7. The number of nitrogens with zero attached hydrogens (tertiary/aromatic N) is 1. The predicted octanol–water partition coefficient (Wildman–Crippen LogP) is 2.33. The van der Waals surface area contributed by atoms with Crippen LogP contribution in [0.2, 0.25) is 0 Å². The summed E-state index contributed by atoms with van der Waals surface area (Å²) in [5, 5.41) is 3.12. The van der Waals surface area contributed by atoms with Gasteiger partial charge in [-0.3, -0.25) is 9.69 Å². The van der Waals surface area contributed by atoms with E-state index in [-0.39, 0.29) is 12.0 Å². The van der Waals surface area contributed by atoms with Gasteiger partial charge in [0, 0.05) is 6.04 Å². The van der Waals surface area contributed by atoms with Gasteiger partial charge in [-0.25, -0.2) is 0 Å². The lowest BCUT2D eigenvalue weighted by molar-refractivity contribution is -0.152. The number of esters is 1. The Hall–Kier alpha value is -0.820. The van der Waals surface area contributed by atoms with Crippen LogP contribution in [-0.4, -0.2) is 55.4 Å². The van der Waals surface area contributed by atoms with Gasteiger partial charge >= 0.3 is 12.1 Å². The minimum absolute atomic E-state index is 0.246. The summed E-state index contributed by atoms with van der Waals surface area (Å²) in [5.41, 5.74) is -0.842. The van der Waals surface area contributed by atoms with Gasteiger partial charge in [0.15, 0.2) is 0 Å². The fraction of sp³-hybridized carbons (Fsp3) is 0.929. The van der Waals surface area contributed by atoms with Crippen molar-refractivity contribution in [1.82, 2.24) is 10.2 Å². The Morgan fingerprint density at radius 3 is 2.57 bits per heavy atom. The van der Waals surface area contributed by atoms with E-state index in [9.17, 15) is 18.0 Å². The van der Waals surface area contributed by atoms with Crippen molar-refractivity contribution >= 4 is 5.97 Å². The van der Waals surface area contributed by atoms with Crippen LogP contribution in [0, 0.1) is 0 Å². The lowest BCUT2D eigenvalue weighted by atomic mass is 9.97. The quantitative estimate of drug-likeness (QED) is 0.733. The summed E-state index contributed by atoms with van der Waals surface area (Å²) in [7, 11) is 1.31. The third-order valence-electron chi connectivity index (χ3n) is 3.99. The van der Waals surface area contributed by atoms with Crippen molar-refractivity contribution in [3.63, 3.8) is 0 Å². The monoisotopic (exact) mass is 310 g/mol. The normalized spacial score (nSPS) is 26.3. The molecular weight excluding hydrogens is 285 g/mol. The summed E-state index contributed by atoms with van der Waals surface area (Å²) >= 11 is 0. The van der Waals surface area contributed by atoms with Crippen LogP contribution in [0.1, 0.15) is 39.5 Å². The molecule has 21 heavy (non-hydrogen) atoms. The number of ether oxygens (including phenoxy) is 1. The first-order valence-electron chi connectivity index (χ1n) is 7.42. The number of hydrogen-bond donors (Lipinski definition) is 1. The van der Waals surface area contributed by atoms with E-state index in [0.717, 1.165) is 0 Å². The molecule has 0 bridgehead atoms. The fourth-order valence-corrected chi connectivity index (χ4v) is 3.19. The highest BCUT2D eigenvalue weighted by atomic mass is 19.4. The molecule has 1 aliphatic rings. The molecule has 1 rings (SSSR count). The molecule has 0 amide bonds. The molecule has 1 N–H and O–H groups in total. The topological polar surface area (TPSA) is 41.6 Å². The van der Waals surface area contributed by atoms with Gasteiger partial charge in [-0.15, -0.1) is 0 Å². The highest BCUT2D eigenvalue weighted by Crippen LogP contribution is 2.35. The van der Waals surface area contributed by atoms with Gasteiger partial charge in [-0.2, -0.15) is 13.2 Å². The number of rotatable bonds is 7. The summed E-state index contributed by atoms with van der Waals surface area (Å²) in [6.07, 6.45) is -2.12. The Bertz CT molecular complexity index is 350. The molecule has 7 heteroatoms. The number of halogens is 3. The van der Waals surface area contributed by atoms with Crippen LogP contribution in [0.4, 0.5) is 13.2 Å². The van der Waals surface area contributed by atoms with Crippen molar-refractivity contribution in [2.45, 2.75) is 57.3 Å². The molecule has 0 aliphatic heterocycles. The van der Waals surface area contributed by atoms with Gasteiger partial charge in [-0.05, 0) is 38.8 Å². The number of nitrogens with one attached hydrogen (secondary N) is 1. The lowest BCUT2D eigenvalue weighted by Gasteiger charge is -2.32. The number of carbonyl (C=O) groups is 1. The summed E-state index contributed by atoms with van der Waals surface area (Å²) < 4.78 is 42.9. The van der Waals surface area contributed by atoms with E-state index in [1.165, 1.54) is 12.0 Å². The Morgan fingerprint density at radius 2 is 2.10 bits per heavy atom. The second-order valence-corrected chi connectivity index (χ2v) is 5.59. The minimum atomic E-state index is -4.22. The SMILES string of the molecule is CCCN(CC(F)(F)F)C1CCC(NCC)(C(=O)OC)C1. The van der Waals surface area contributed by atoms with E-state index in [1.807, 2.05) is 13.8 Å². The Labute approximate surface area is 124 Å². The Morgan fingerprint density at radius 1 is 1.43 bits per heavy atom. The largest absolute Gasteiger partial charge is 0.468 e. The predicted molar refractivity (Wildman–Crippen MR) is 74.0 cm³/mol. The molecule has 0 aromatic heterocycles. The maximum Gasteiger partial charge on any atom is 0.401 e. The molecule has 124 valence electrons. The third kappa shape index (κ3) is 4.85. The van der Waals surface area contributed by atoms with Gasteiger partial charge in [0.25, 0.3) is 0 Å². The molecule has 2 atom stereocenters. The van der Waals surface area contributed by atoms with Crippen LogP contribution in [0.25, 0.3) is 0 Å². The molecule has 1 fully saturated rings. The average Bonchev–Trinajstić information content (AvgIpc) is 2.82. The Balaban J connectivity index is 2.82. The zero-order valence-electron chi connectivity index (χ0n) is 12.9. The molecule has 0 spiro atoms. The van der Waals surface area contributed by atoms with Crippen molar-refractivity contribution < 1.29 is 22.7 Å². The van der Waals surface area contributed by atoms with Crippen molar-refractivity contribution in [1.29, 1.82) is 0 Å². The number of alkyl halides is 3. The van der Waals surface area contributed by atoms with Gasteiger partial charge in [0.2, 0.25) is 0 Å².